The van der Waals surface area contributed by atoms with Gasteiger partial charge in [-0.25, -0.2) is 8.78 Å². The number of rotatable bonds is 2. The molecule has 2 saturated heterocycles. The first-order valence-corrected chi connectivity index (χ1v) is 7.76. The molecule has 0 bridgehead atoms. The number of fused-ring (bicyclic) bond motifs is 1. The second-order valence-corrected chi connectivity index (χ2v) is 6.36. The van der Waals surface area contributed by atoms with Crippen LogP contribution in [-0.2, 0) is 9.59 Å². The molecule has 1 aromatic carbocycles. The lowest BCUT2D eigenvalue weighted by atomic mass is 10.0. The molecular formula is C16H13F2N3O4. The number of anilines is 1. The molecule has 0 saturated carbocycles. The first kappa shape index (κ1) is 15.7. The lowest BCUT2D eigenvalue weighted by Gasteiger charge is -2.41. The highest BCUT2D eigenvalue weighted by Crippen LogP contribution is 2.38. The Labute approximate surface area is 140 Å². The summed E-state index contributed by atoms with van der Waals surface area (Å²) in [7, 11) is 0. The summed E-state index contributed by atoms with van der Waals surface area (Å²) in [5.41, 5.74) is 0.381. The molecule has 4 amide bonds. The Bertz CT molecular complexity index is 831. The number of nitrogens with one attached hydrogen (secondary N) is 1. The lowest BCUT2D eigenvalue weighted by molar-refractivity contribution is -0.136. The summed E-state index contributed by atoms with van der Waals surface area (Å²) in [6.07, 6.45) is 0.0717. The molecule has 0 radical (unpaired) electrons. The van der Waals surface area contributed by atoms with Crippen LogP contribution in [0.3, 0.4) is 0 Å². The Morgan fingerprint density at radius 2 is 1.80 bits per heavy atom. The van der Waals surface area contributed by atoms with Gasteiger partial charge >= 0.3 is 0 Å². The summed E-state index contributed by atoms with van der Waals surface area (Å²) in [4.78, 5) is 50.8. The van der Waals surface area contributed by atoms with Crippen molar-refractivity contribution in [2.75, 3.05) is 18.0 Å². The van der Waals surface area contributed by atoms with E-state index in [9.17, 15) is 28.0 Å². The van der Waals surface area contributed by atoms with Crippen LogP contribution in [0.5, 0.6) is 0 Å². The third kappa shape index (κ3) is 2.30. The van der Waals surface area contributed by atoms with Crippen LogP contribution in [-0.4, -0.2) is 53.6 Å². The fourth-order valence-corrected chi connectivity index (χ4v) is 3.44. The highest BCUT2D eigenvalue weighted by molar-refractivity contribution is 6.25. The monoisotopic (exact) mass is 349 g/mol. The summed E-state index contributed by atoms with van der Waals surface area (Å²) in [5.74, 6) is -5.33. The summed E-state index contributed by atoms with van der Waals surface area (Å²) < 4.78 is 26.3. The molecule has 3 aliphatic rings. The number of alkyl halides is 2. The molecule has 25 heavy (non-hydrogen) atoms. The Morgan fingerprint density at radius 3 is 2.44 bits per heavy atom. The van der Waals surface area contributed by atoms with Gasteiger partial charge in [-0.05, 0) is 18.6 Å². The van der Waals surface area contributed by atoms with Crippen LogP contribution in [0, 0.1) is 0 Å². The van der Waals surface area contributed by atoms with Crippen LogP contribution < -0.4 is 10.2 Å². The van der Waals surface area contributed by atoms with E-state index in [0.717, 1.165) is 4.90 Å². The van der Waals surface area contributed by atoms with Gasteiger partial charge < -0.3 is 4.90 Å². The minimum Gasteiger partial charge on any atom is -0.359 e. The fourth-order valence-electron chi connectivity index (χ4n) is 3.44. The number of nitrogens with zero attached hydrogens (tertiary/aromatic N) is 2. The number of imide groups is 2. The molecule has 4 rings (SSSR count). The van der Waals surface area contributed by atoms with Crippen molar-refractivity contribution in [2.45, 2.75) is 24.8 Å². The standard InChI is InChI=1S/C16H13F2N3O4/c17-16(18)6-20(7-16)9-3-1-2-8-12(9)15(25)21(14(8)24)10-4-5-11(22)19-13(10)23/h1-3,10H,4-7H2,(H,19,22,23). The van der Waals surface area contributed by atoms with Gasteiger partial charge in [-0.1, -0.05) is 6.07 Å². The maximum absolute atomic E-state index is 13.2. The van der Waals surface area contributed by atoms with Gasteiger partial charge in [0.15, 0.2) is 0 Å². The third-order valence-electron chi connectivity index (χ3n) is 4.63. The van der Waals surface area contributed by atoms with Crippen molar-refractivity contribution < 1.29 is 28.0 Å². The molecule has 1 aromatic rings. The Hall–Kier alpha value is -2.84. The SMILES string of the molecule is O=C1CCC(N2C(=O)c3cccc(N4CC(F)(F)C4)c3C2=O)C(=O)N1. The lowest BCUT2D eigenvalue weighted by Crippen LogP contribution is -2.57. The van der Waals surface area contributed by atoms with Crippen molar-refractivity contribution in [3.63, 3.8) is 0 Å². The van der Waals surface area contributed by atoms with Crippen LogP contribution in [0.15, 0.2) is 18.2 Å². The van der Waals surface area contributed by atoms with E-state index < -0.39 is 48.7 Å². The van der Waals surface area contributed by atoms with E-state index in [2.05, 4.69) is 5.32 Å². The Kier molecular flexibility index (Phi) is 3.18. The summed E-state index contributed by atoms with van der Waals surface area (Å²) in [6, 6.07) is 3.38. The minimum atomic E-state index is -2.82. The molecule has 0 aromatic heterocycles. The largest absolute Gasteiger partial charge is 0.359 e. The molecular weight excluding hydrogens is 336 g/mol. The molecule has 3 aliphatic heterocycles. The highest BCUT2D eigenvalue weighted by atomic mass is 19.3. The number of piperidine rings is 1. The number of amides is 4. The van der Waals surface area contributed by atoms with Gasteiger partial charge in [-0.3, -0.25) is 29.4 Å². The van der Waals surface area contributed by atoms with Crippen molar-refractivity contribution in [1.29, 1.82) is 0 Å². The second kappa shape index (κ2) is 5.08. The summed E-state index contributed by atoms with van der Waals surface area (Å²) >= 11 is 0. The topological polar surface area (TPSA) is 86.8 Å². The van der Waals surface area contributed by atoms with Gasteiger partial charge in [0.1, 0.15) is 6.04 Å². The normalized spacial score (nSPS) is 25.0. The molecule has 3 heterocycles. The van der Waals surface area contributed by atoms with Gasteiger partial charge in [-0.2, -0.15) is 0 Å². The van der Waals surface area contributed by atoms with Gasteiger partial charge in [0, 0.05) is 6.42 Å². The van der Waals surface area contributed by atoms with Crippen LogP contribution >= 0.6 is 0 Å². The molecule has 1 N–H and O–H groups in total. The van der Waals surface area contributed by atoms with Crippen LogP contribution in [0.4, 0.5) is 14.5 Å². The van der Waals surface area contributed by atoms with E-state index in [1.54, 1.807) is 0 Å². The van der Waals surface area contributed by atoms with Crippen molar-refractivity contribution in [1.82, 2.24) is 10.2 Å². The Morgan fingerprint density at radius 1 is 1.08 bits per heavy atom. The maximum atomic E-state index is 13.2. The third-order valence-corrected chi connectivity index (χ3v) is 4.63. The van der Waals surface area contributed by atoms with Crippen LogP contribution in [0.1, 0.15) is 33.6 Å². The quantitative estimate of drug-likeness (QED) is 0.788. The zero-order valence-electron chi connectivity index (χ0n) is 12.9. The first-order chi connectivity index (χ1) is 11.8. The van der Waals surface area contributed by atoms with E-state index in [1.807, 2.05) is 0 Å². The number of carbonyl (C=O) groups excluding carboxylic acids is 4. The Balaban J connectivity index is 1.68. The van der Waals surface area contributed by atoms with Crippen LogP contribution in [0.2, 0.25) is 0 Å². The second-order valence-electron chi connectivity index (χ2n) is 6.36. The average Bonchev–Trinajstić information content (AvgIpc) is 2.77. The molecule has 130 valence electrons. The molecule has 1 unspecified atom stereocenters. The predicted octanol–water partition coefficient (Wildman–Crippen LogP) is 0.543. The van der Waals surface area contributed by atoms with E-state index >= 15 is 0 Å². The van der Waals surface area contributed by atoms with Gasteiger partial charge in [0.25, 0.3) is 17.7 Å². The first-order valence-electron chi connectivity index (χ1n) is 7.76. The summed E-state index contributed by atoms with van der Waals surface area (Å²) in [6.45, 7) is -1.05. The van der Waals surface area contributed by atoms with E-state index in [1.165, 1.54) is 23.1 Å². The fraction of sp³-hybridized carbons (Fsp3) is 0.375. The smallest absolute Gasteiger partial charge is 0.282 e. The number of halogens is 2. The van der Waals surface area contributed by atoms with Crippen molar-refractivity contribution in [2.24, 2.45) is 0 Å². The zero-order valence-corrected chi connectivity index (χ0v) is 12.9. The maximum Gasteiger partial charge on any atom is 0.282 e. The summed E-state index contributed by atoms with van der Waals surface area (Å²) in [5, 5.41) is 2.11. The van der Waals surface area contributed by atoms with Gasteiger partial charge in [-0.15, -0.1) is 0 Å². The molecule has 9 heteroatoms. The van der Waals surface area contributed by atoms with Crippen LogP contribution in [0.25, 0.3) is 0 Å². The molecule has 1 atom stereocenters. The van der Waals surface area contributed by atoms with Gasteiger partial charge in [0.05, 0.1) is 29.9 Å². The molecule has 0 aliphatic carbocycles. The molecule has 2 fully saturated rings. The van der Waals surface area contributed by atoms with Gasteiger partial charge in [0.2, 0.25) is 11.8 Å². The minimum absolute atomic E-state index is 0.0228. The highest BCUT2D eigenvalue weighted by Gasteiger charge is 2.49. The predicted molar refractivity (Wildman–Crippen MR) is 80.3 cm³/mol. The van der Waals surface area contributed by atoms with E-state index in [-0.39, 0.29) is 29.7 Å². The van der Waals surface area contributed by atoms with Crippen molar-refractivity contribution in [3.05, 3.63) is 29.3 Å². The van der Waals surface area contributed by atoms with E-state index in [0.29, 0.717) is 0 Å². The van der Waals surface area contributed by atoms with Crippen molar-refractivity contribution in [3.8, 4) is 0 Å². The zero-order chi connectivity index (χ0) is 17.9. The number of carbonyl (C=O) groups is 4. The van der Waals surface area contributed by atoms with E-state index in [4.69, 9.17) is 0 Å². The number of hydrogen-bond acceptors (Lipinski definition) is 5. The molecule has 7 nitrogen and oxygen atoms in total. The van der Waals surface area contributed by atoms with Crippen molar-refractivity contribution >= 4 is 29.3 Å². The number of hydrogen-bond donors (Lipinski definition) is 1. The average molecular weight is 349 g/mol. The number of benzene rings is 1. The molecule has 0 spiro atoms.